The zero-order valence-electron chi connectivity index (χ0n) is 8.73. The Labute approximate surface area is 88.2 Å². The molecule has 1 amide bonds. The van der Waals surface area contributed by atoms with Gasteiger partial charge in [0.25, 0.3) is 0 Å². The van der Waals surface area contributed by atoms with E-state index < -0.39 is 5.97 Å². The standard InChI is InChI=1S/C10H15NO4/c1-8(10(14)15)7-11(5-6-12)4-2-3-9(11)13/h7,12H,2-6H2,1H3. The Kier molecular flexibility index (Phi) is 3.60. The Bertz CT molecular complexity index is 311. The second kappa shape index (κ2) is 4.55. The maximum atomic E-state index is 11.6. The molecule has 1 rings (SSSR count). The van der Waals surface area contributed by atoms with Crippen molar-refractivity contribution in [3.05, 3.63) is 11.8 Å². The molecule has 1 fully saturated rings. The zero-order chi connectivity index (χ0) is 11.5. The third-order valence-electron chi connectivity index (χ3n) is 2.71. The molecule has 1 unspecified atom stereocenters. The van der Waals surface area contributed by atoms with E-state index in [1.807, 2.05) is 0 Å². The highest BCUT2D eigenvalue weighted by molar-refractivity contribution is 5.84. The number of amides is 1. The Morgan fingerprint density at radius 1 is 1.67 bits per heavy atom. The first kappa shape index (κ1) is 11.9. The van der Waals surface area contributed by atoms with Gasteiger partial charge in [-0.25, -0.2) is 9.28 Å². The quantitative estimate of drug-likeness (QED) is 0.468. The number of quaternary nitrogens is 1. The summed E-state index contributed by atoms with van der Waals surface area (Å²) in [6, 6.07) is 0. The van der Waals surface area contributed by atoms with Gasteiger partial charge < -0.3 is 15.0 Å². The predicted molar refractivity (Wildman–Crippen MR) is 50.1 cm³/mol. The van der Waals surface area contributed by atoms with Gasteiger partial charge in [0, 0.05) is 12.0 Å². The summed E-state index contributed by atoms with van der Waals surface area (Å²) < 4.78 is -0.0592. The number of nitrogens with zero attached hydrogens (tertiary/aromatic N) is 1. The Balaban J connectivity index is 2.97. The number of likely N-dealkylation sites (tertiary alicyclic amines) is 1. The molecular weight excluding hydrogens is 198 g/mol. The lowest BCUT2D eigenvalue weighted by Gasteiger charge is -2.27. The van der Waals surface area contributed by atoms with Crippen molar-refractivity contribution in [2.45, 2.75) is 19.8 Å². The van der Waals surface area contributed by atoms with Gasteiger partial charge in [-0.2, -0.15) is 0 Å². The van der Waals surface area contributed by atoms with E-state index in [-0.39, 0.29) is 29.1 Å². The SMILES string of the molecule is CC(=C[N+]1(CCO)CCCC1=O)C(=O)[O-]. The summed E-state index contributed by atoms with van der Waals surface area (Å²) in [4.78, 5) is 22.2. The number of aliphatic carboxylic acids is 1. The normalized spacial score (nSPS) is 27.1. The fourth-order valence-corrected chi connectivity index (χ4v) is 1.90. The van der Waals surface area contributed by atoms with Crippen molar-refractivity contribution in [2.24, 2.45) is 0 Å². The molecule has 5 nitrogen and oxygen atoms in total. The highest BCUT2D eigenvalue weighted by Crippen LogP contribution is 2.22. The highest BCUT2D eigenvalue weighted by atomic mass is 16.4. The first-order chi connectivity index (χ1) is 7.02. The van der Waals surface area contributed by atoms with Crippen LogP contribution in [0.5, 0.6) is 0 Å². The van der Waals surface area contributed by atoms with Gasteiger partial charge in [0.2, 0.25) is 0 Å². The number of aliphatic hydroxyl groups excluding tert-OH is 1. The van der Waals surface area contributed by atoms with E-state index in [4.69, 9.17) is 5.11 Å². The van der Waals surface area contributed by atoms with Gasteiger partial charge >= 0.3 is 5.91 Å². The van der Waals surface area contributed by atoms with Gasteiger partial charge in [-0.3, -0.25) is 0 Å². The van der Waals surface area contributed by atoms with Gasteiger partial charge in [-0.1, -0.05) is 0 Å². The molecule has 0 aliphatic carbocycles. The topological polar surface area (TPSA) is 77.4 Å². The number of aliphatic hydroxyl groups is 1. The molecule has 1 N–H and O–H groups in total. The lowest BCUT2D eigenvalue weighted by molar-refractivity contribution is -0.795. The smallest absolute Gasteiger partial charge is 0.318 e. The molecule has 1 atom stereocenters. The molecule has 5 heteroatoms. The Morgan fingerprint density at radius 3 is 2.73 bits per heavy atom. The molecule has 0 saturated carbocycles. The van der Waals surface area contributed by atoms with Crippen molar-refractivity contribution < 1.29 is 24.3 Å². The van der Waals surface area contributed by atoms with Crippen molar-refractivity contribution in [3.63, 3.8) is 0 Å². The van der Waals surface area contributed by atoms with Crippen molar-refractivity contribution in [3.8, 4) is 0 Å². The summed E-state index contributed by atoms with van der Waals surface area (Å²) in [6.07, 6.45) is 2.56. The van der Waals surface area contributed by atoms with Crippen LogP contribution in [0.2, 0.25) is 0 Å². The van der Waals surface area contributed by atoms with E-state index in [0.29, 0.717) is 13.0 Å². The third kappa shape index (κ3) is 2.43. The predicted octanol–water partition coefficient (Wildman–Crippen LogP) is -1.23. The second-order valence-corrected chi connectivity index (χ2v) is 3.80. The first-order valence-electron chi connectivity index (χ1n) is 4.94. The molecule has 1 saturated heterocycles. The molecular formula is C10H15NO4. The number of carboxylic acid groups (broad SMARTS) is 1. The number of hydrogen-bond donors (Lipinski definition) is 1. The molecule has 1 aliphatic rings. The number of rotatable bonds is 4. The molecule has 0 radical (unpaired) electrons. The Hall–Kier alpha value is -1.20. The largest absolute Gasteiger partial charge is 0.545 e. The van der Waals surface area contributed by atoms with Gasteiger partial charge in [0.05, 0.1) is 25.5 Å². The van der Waals surface area contributed by atoms with Crippen molar-refractivity contribution in [2.75, 3.05) is 19.7 Å². The zero-order valence-corrected chi connectivity index (χ0v) is 8.73. The minimum atomic E-state index is -1.27. The Morgan fingerprint density at radius 2 is 2.33 bits per heavy atom. The summed E-state index contributed by atoms with van der Waals surface area (Å²) in [7, 11) is 0. The van der Waals surface area contributed by atoms with E-state index >= 15 is 0 Å². The van der Waals surface area contributed by atoms with Crippen LogP contribution in [0.15, 0.2) is 11.8 Å². The number of hydrogen-bond acceptors (Lipinski definition) is 4. The van der Waals surface area contributed by atoms with Gasteiger partial charge in [0.15, 0.2) is 0 Å². The van der Waals surface area contributed by atoms with Gasteiger partial charge in [-0.15, -0.1) is 0 Å². The molecule has 0 bridgehead atoms. The van der Waals surface area contributed by atoms with Crippen LogP contribution >= 0.6 is 0 Å². The van der Waals surface area contributed by atoms with Crippen LogP contribution in [0.3, 0.4) is 0 Å². The summed E-state index contributed by atoms with van der Waals surface area (Å²) >= 11 is 0. The van der Waals surface area contributed by atoms with Crippen LogP contribution in [0.4, 0.5) is 0 Å². The minimum absolute atomic E-state index is 0.0374. The molecule has 15 heavy (non-hydrogen) atoms. The molecule has 0 aromatic heterocycles. The van der Waals surface area contributed by atoms with E-state index in [2.05, 4.69) is 0 Å². The van der Waals surface area contributed by atoms with Crippen LogP contribution < -0.4 is 5.11 Å². The summed E-state index contributed by atoms with van der Waals surface area (Å²) in [6.45, 7) is 2.06. The van der Waals surface area contributed by atoms with Crippen LogP contribution in [0.1, 0.15) is 19.8 Å². The molecule has 0 aromatic rings. The maximum absolute atomic E-state index is 11.6. The summed E-state index contributed by atoms with van der Waals surface area (Å²) in [5, 5.41) is 19.5. The second-order valence-electron chi connectivity index (χ2n) is 3.80. The highest BCUT2D eigenvalue weighted by Gasteiger charge is 2.39. The van der Waals surface area contributed by atoms with Crippen molar-refractivity contribution in [1.82, 2.24) is 0 Å². The molecule has 0 aromatic carbocycles. The maximum Gasteiger partial charge on any atom is 0.318 e. The van der Waals surface area contributed by atoms with Crippen LogP contribution in [-0.4, -0.2) is 41.2 Å². The number of carbonyl (C=O) groups is 2. The van der Waals surface area contributed by atoms with Crippen LogP contribution in [0.25, 0.3) is 0 Å². The van der Waals surface area contributed by atoms with Crippen LogP contribution in [0, 0.1) is 0 Å². The van der Waals surface area contributed by atoms with Gasteiger partial charge in [-0.05, 0) is 6.92 Å². The molecule has 0 spiro atoms. The third-order valence-corrected chi connectivity index (χ3v) is 2.71. The fraction of sp³-hybridized carbons (Fsp3) is 0.600. The molecule has 1 aliphatic heterocycles. The fourth-order valence-electron chi connectivity index (χ4n) is 1.90. The summed E-state index contributed by atoms with van der Waals surface area (Å²) in [5.74, 6) is -1.31. The van der Waals surface area contributed by atoms with Gasteiger partial charge in [0.1, 0.15) is 12.7 Å². The number of carbonyl (C=O) groups excluding carboxylic acids is 2. The van der Waals surface area contributed by atoms with E-state index in [0.717, 1.165) is 6.42 Å². The minimum Gasteiger partial charge on any atom is -0.545 e. The average molecular weight is 213 g/mol. The lowest BCUT2D eigenvalue weighted by atomic mass is 10.3. The monoisotopic (exact) mass is 213 g/mol. The first-order valence-corrected chi connectivity index (χ1v) is 4.94. The van der Waals surface area contributed by atoms with E-state index in [1.165, 1.54) is 13.1 Å². The van der Waals surface area contributed by atoms with Crippen molar-refractivity contribution in [1.29, 1.82) is 0 Å². The van der Waals surface area contributed by atoms with E-state index in [1.54, 1.807) is 0 Å². The molecule has 1 heterocycles. The van der Waals surface area contributed by atoms with Crippen LogP contribution in [-0.2, 0) is 9.59 Å². The lowest BCUT2D eigenvalue weighted by Crippen LogP contribution is -2.46. The molecule has 84 valence electrons. The van der Waals surface area contributed by atoms with Crippen molar-refractivity contribution >= 4 is 11.9 Å². The van der Waals surface area contributed by atoms with E-state index in [9.17, 15) is 14.7 Å². The summed E-state index contributed by atoms with van der Waals surface area (Å²) in [5.41, 5.74) is 0.0405. The average Bonchev–Trinajstić information content (AvgIpc) is 2.48. The number of carboxylic acids is 1.